The smallest absolute Gasteiger partial charge is 0.289 e. The number of carbonyl (C=O) groups is 3. The highest BCUT2D eigenvalue weighted by molar-refractivity contribution is 6.05. The van der Waals surface area contributed by atoms with Gasteiger partial charge in [0.1, 0.15) is 0 Å². The van der Waals surface area contributed by atoms with Crippen molar-refractivity contribution in [3.05, 3.63) is 41.9 Å². The minimum absolute atomic E-state index is 0.130. The van der Waals surface area contributed by atoms with Crippen LogP contribution in [-0.2, 0) is 4.79 Å². The molecule has 2 fully saturated rings. The minimum atomic E-state index is -0.272. The first-order valence-corrected chi connectivity index (χ1v) is 11.7. The van der Waals surface area contributed by atoms with E-state index in [0.717, 1.165) is 19.3 Å². The molecule has 0 saturated carbocycles. The average Bonchev–Trinajstić information content (AvgIpc) is 3.43. The predicted octanol–water partition coefficient (Wildman–Crippen LogP) is 3.41. The van der Waals surface area contributed by atoms with Gasteiger partial charge in [-0.05, 0) is 50.3 Å². The van der Waals surface area contributed by atoms with Gasteiger partial charge in [0.25, 0.3) is 11.8 Å². The standard InChI is InChI=1S/C25H31N3O6/c1-32-21-15-18(24(30)27-10-4-3-5-11-27)19(16-22(21)33-2)26-23(29)17-8-12-28(13-9-17)25(31)20-7-6-14-34-20/h6-7,14-17H,3-5,8-13H2,1-2H3,(H,26,29). The Kier molecular flexibility index (Phi) is 7.40. The molecule has 9 nitrogen and oxygen atoms in total. The fraction of sp³-hybridized carbons (Fsp3) is 0.480. The van der Waals surface area contributed by atoms with Crippen molar-refractivity contribution in [1.29, 1.82) is 0 Å². The molecule has 2 aliphatic heterocycles. The minimum Gasteiger partial charge on any atom is -0.493 e. The third-order valence-electron chi connectivity index (χ3n) is 6.54. The topological polar surface area (TPSA) is 101 Å². The van der Waals surface area contributed by atoms with Gasteiger partial charge in [0.05, 0.1) is 31.7 Å². The summed E-state index contributed by atoms with van der Waals surface area (Å²) in [5.74, 6) is 0.427. The Morgan fingerprint density at radius 2 is 1.56 bits per heavy atom. The lowest BCUT2D eigenvalue weighted by atomic mass is 9.95. The van der Waals surface area contributed by atoms with Crippen molar-refractivity contribution in [1.82, 2.24) is 9.80 Å². The Balaban J connectivity index is 1.48. The lowest BCUT2D eigenvalue weighted by Crippen LogP contribution is -2.41. The molecule has 4 rings (SSSR count). The van der Waals surface area contributed by atoms with Gasteiger partial charge in [0.2, 0.25) is 5.91 Å². The highest BCUT2D eigenvalue weighted by atomic mass is 16.5. The molecule has 2 aromatic rings. The van der Waals surface area contributed by atoms with E-state index in [-0.39, 0.29) is 23.6 Å². The number of benzene rings is 1. The lowest BCUT2D eigenvalue weighted by molar-refractivity contribution is -0.121. The van der Waals surface area contributed by atoms with Crippen LogP contribution in [0.2, 0.25) is 0 Å². The molecule has 2 saturated heterocycles. The molecule has 1 aromatic carbocycles. The van der Waals surface area contributed by atoms with Gasteiger partial charge in [-0.25, -0.2) is 0 Å². The number of hydrogen-bond acceptors (Lipinski definition) is 6. The number of ether oxygens (including phenoxy) is 2. The van der Waals surface area contributed by atoms with Crippen LogP contribution in [0.4, 0.5) is 5.69 Å². The Morgan fingerprint density at radius 3 is 2.18 bits per heavy atom. The van der Waals surface area contributed by atoms with E-state index in [0.29, 0.717) is 67.5 Å². The Bertz CT molecular complexity index is 1020. The fourth-order valence-corrected chi connectivity index (χ4v) is 4.56. The molecule has 34 heavy (non-hydrogen) atoms. The molecule has 3 amide bonds. The molecule has 0 unspecified atom stereocenters. The zero-order chi connectivity index (χ0) is 24.1. The second-order valence-electron chi connectivity index (χ2n) is 8.64. The summed E-state index contributed by atoms with van der Waals surface area (Å²) in [6, 6.07) is 6.60. The zero-order valence-electron chi connectivity index (χ0n) is 19.7. The van der Waals surface area contributed by atoms with E-state index in [1.165, 1.54) is 20.5 Å². The number of anilines is 1. The van der Waals surface area contributed by atoms with Crippen LogP contribution in [0.15, 0.2) is 34.9 Å². The summed E-state index contributed by atoms with van der Waals surface area (Å²) < 4.78 is 16.0. The summed E-state index contributed by atoms with van der Waals surface area (Å²) >= 11 is 0. The summed E-state index contributed by atoms with van der Waals surface area (Å²) in [5, 5.41) is 2.95. The molecule has 0 aliphatic carbocycles. The van der Waals surface area contributed by atoms with Crippen LogP contribution in [0.1, 0.15) is 53.0 Å². The summed E-state index contributed by atoms with van der Waals surface area (Å²) in [6.07, 6.45) is 5.58. The fourth-order valence-electron chi connectivity index (χ4n) is 4.56. The average molecular weight is 470 g/mol. The number of furan rings is 1. The van der Waals surface area contributed by atoms with Gasteiger partial charge in [0, 0.05) is 38.2 Å². The van der Waals surface area contributed by atoms with Crippen LogP contribution in [0.5, 0.6) is 11.5 Å². The first-order chi connectivity index (χ1) is 16.5. The number of piperidine rings is 2. The van der Waals surface area contributed by atoms with Crippen molar-refractivity contribution in [3.63, 3.8) is 0 Å². The third kappa shape index (κ3) is 5.03. The van der Waals surface area contributed by atoms with Gasteiger partial charge >= 0.3 is 0 Å². The number of likely N-dealkylation sites (tertiary alicyclic amines) is 2. The van der Waals surface area contributed by atoms with E-state index in [1.807, 2.05) is 4.90 Å². The third-order valence-corrected chi connectivity index (χ3v) is 6.54. The van der Waals surface area contributed by atoms with Crippen molar-refractivity contribution >= 4 is 23.4 Å². The van der Waals surface area contributed by atoms with Crippen LogP contribution < -0.4 is 14.8 Å². The van der Waals surface area contributed by atoms with Gasteiger partial charge in [-0.15, -0.1) is 0 Å². The molecule has 182 valence electrons. The summed E-state index contributed by atoms with van der Waals surface area (Å²) in [5.41, 5.74) is 0.797. The van der Waals surface area contributed by atoms with E-state index in [9.17, 15) is 14.4 Å². The van der Waals surface area contributed by atoms with Gasteiger partial charge < -0.3 is 29.0 Å². The number of nitrogens with zero attached hydrogens (tertiary/aromatic N) is 2. The van der Waals surface area contributed by atoms with E-state index in [2.05, 4.69) is 5.32 Å². The first kappa shape index (κ1) is 23.7. The maximum atomic E-state index is 13.3. The Hall–Kier alpha value is -3.49. The van der Waals surface area contributed by atoms with E-state index in [4.69, 9.17) is 13.9 Å². The number of nitrogens with one attached hydrogen (secondary N) is 1. The van der Waals surface area contributed by atoms with Gasteiger partial charge in [-0.2, -0.15) is 0 Å². The second-order valence-corrected chi connectivity index (χ2v) is 8.64. The van der Waals surface area contributed by atoms with Crippen LogP contribution in [-0.4, -0.2) is 67.9 Å². The van der Waals surface area contributed by atoms with E-state index in [1.54, 1.807) is 29.2 Å². The largest absolute Gasteiger partial charge is 0.493 e. The molecule has 0 radical (unpaired) electrons. The maximum Gasteiger partial charge on any atom is 0.289 e. The van der Waals surface area contributed by atoms with Crippen molar-refractivity contribution in [2.24, 2.45) is 5.92 Å². The molecular formula is C25H31N3O6. The first-order valence-electron chi connectivity index (χ1n) is 11.7. The number of rotatable bonds is 6. The quantitative estimate of drug-likeness (QED) is 0.696. The highest BCUT2D eigenvalue weighted by Crippen LogP contribution is 2.35. The normalized spacial score (nSPS) is 16.8. The molecule has 0 spiro atoms. The zero-order valence-corrected chi connectivity index (χ0v) is 19.7. The molecule has 1 N–H and O–H groups in total. The molecule has 0 atom stereocenters. The van der Waals surface area contributed by atoms with Crippen molar-refractivity contribution in [2.75, 3.05) is 45.7 Å². The van der Waals surface area contributed by atoms with Gasteiger partial charge in [-0.3, -0.25) is 14.4 Å². The number of carbonyl (C=O) groups excluding carboxylic acids is 3. The second kappa shape index (κ2) is 10.6. The Labute approximate surface area is 199 Å². The van der Waals surface area contributed by atoms with Crippen LogP contribution >= 0.6 is 0 Å². The van der Waals surface area contributed by atoms with Gasteiger partial charge in [-0.1, -0.05) is 0 Å². The number of hydrogen-bond donors (Lipinski definition) is 1. The van der Waals surface area contributed by atoms with Crippen LogP contribution in [0, 0.1) is 5.92 Å². The number of amides is 3. The molecule has 1 aromatic heterocycles. The molecule has 0 bridgehead atoms. The molecule has 3 heterocycles. The monoisotopic (exact) mass is 469 g/mol. The highest BCUT2D eigenvalue weighted by Gasteiger charge is 2.30. The van der Waals surface area contributed by atoms with Crippen LogP contribution in [0.25, 0.3) is 0 Å². The molecule has 9 heteroatoms. The van der Waals surface area contributed by atoms with Gasteiger partial charge in [0.15, 0.2) is 17.3 Å². The van der Waals surface area contributed by atoms with Crippen molar-refractivity contribution < 1.29 is 28.3 Å². The van der Waals surface area contributed by atoms with Crippen LogP contribution in [0.3, 0.4) is 0 Å². The number of methoxy groups -OCH3 is 2. The van der Waals surface area contributed by atoms with Crippen molar-refractivity contribution in [3.8, 4) is 11.5 Å². The molecule has 2 aliphatic rings. The summed E-state index contributed by atoms with van der Waals surface area (Å²) in [6.45, 7) is 2.32. The predicted molar refractivity (Wildman–Crippen MR) is 125 cm³/mol. The van der Waals surface area contributed by atoms with E-state index >= 15 is 0 Å². The SMILES string of the molecule is COc1cc(NC(=O)C2CCN(C(=O)c3ccco3)CC2)c(C(=O)N2CCCCC2)cc1OC. The summed E-state index contributed by atoms with van der Waals surface area (Å²) in [7, 11) is 3.03. The van der Waals surface area contributed by atoms with Crippen molar-refractivity contribution in [2.45, 2.75) is 32.1 Å². The maximum absolute atomic E-state index is 13.3. The summed E-state index contributed by atoms with van der Waals surface area (Å²) in [4.78, 5) is 42.5. The molecular weight excluding hydrogens is 438 g/mol. The Morgan fingerprint density at radius 1 is 0.912 bits per heavy atom. The lowest BCUT2D eigenvalue weighted by Gasteiger charge is -2.31. The van der Waals surface area contributed by atoms with E-state index < -0.39 is 0 Å².